The van der Waals surface area contributed by atoms with Crippen LogP contribution in [0.5, 0.6) is 0 Å². The molecule has 0 amide bonds. The van der Waals surface area contributed by atoms with E-state index in [9.17, 15) is 23.3 Å². The molecular weight excluding hydrogens is 394 g/mol. The highest BCUT2D eigenvalue weighted by Gasteiger charge is 2.36. The van der Waals surface area contributed by atoms with E-state index in [1.807, 2.05) is 0 Å². The summed E-state index contributed by atoms with van der Waals surface area (Å²) in [4.78, 5) is 11.9. The molecule has 1 atom stereocenters. The number of nitro benzene ring substituents is 1. The number of piperazine rings is 1. The molecule has 1 aromatic rings. The van der Waals surface area contributed by atoms with Gasteiger partial charge in [0.2, 0.25) is 0 Å². The first-order valence-electron chi connectivity index (χ1n) is 6.73. The lowest BCUT2D eigenvalue weighted by Gasteiger charge is -2.35. The summed E-state index contributed by atoms with van der Waals surface area (Å²) < 4.78 is 38.6. The second-order valence-electron chi connectivity index (χ2n) is 5.09. The van der Waals surface area contributed by atoms with Crippen LogP contribution in [0.3, 0.4) is 0 Å². The minimum Gasteiger partial charge on any atom is -0.314 e. The van der Waals surface area contributed by atoms with Crippen LogP contribution in [0.15, 0.2) is 18.2 Å². The molecule has 0 unspecified atom stereocenters. The summed E-state index contributed by atoms with van der Waals surface area (Å²) in [6, 6.07) is 2.90. The molecule has 24 heavy (non-hydrogen) atoms. The Balaban J connectivity index is 0.00000264. The fraction of sp³-hybridized carbons (Fsp3) is 0.538. The molecule has 0 radical (unpaired) electrons. The monoisotopic (exact) mass is 409 g/mol. The average Bonchev–Trinajstić information content (AvgIpc) is 2.45. The predicted molar refractivity (Wildman–Crippen MR) is 90.5 cm³/mol. The molecule has 1 saturated heterocycles. The Kier molecular flexibility index (Phi) is 9.30. The fourth-order valence-corrected chi connectivity index (χ4v) is 2.73. The quantitative estimate of drug-likeness (QED) is 0.602. The van der Waals surface area contributed by atoms with Gasteiger partial charge in [-0.3, -0.25) is 15.0 Å². The van der Waals surface area contributed by atoms with Crippen molar-refractivity contribution in [1.29, 1.82) is 0 Å². The van der Waals surface area contributed by atoms with Crippen LogP contribution in [-0.4, -0.2) is 42.2 Å². The molecule has 1 N–H and O–H groups in total. The van der Waals surface area contributed by atoms with Crippen LogP contribution in [0.1, 0.15) is 18.0 Å². The third kappa shape index (κ3) is 6.25. The first-order valence-corrected chi connectivity index (χ1v) is 7.11. The van der Waals surface area contributed by atoms with Gasteiger partial charge in [0, 0.05) is 38.3 Å². The van der Waals surface area contributed by atoms with Gasteiger partial charge >= 0.3 is 6.18 Å². The topological polar surface area (TPSA) is 58.4 Å². The van der Waals surface area contributed by atoms with E-state index in [-0.39, 0.29) is 41.1 Å². The van der Waals surface area contributed by atoms with Gasteiger partial charge < -0.3 is 5.32 Å². The average molecular weight is 411 g/mol. The van der Waals surface area contributed by atoms with Crippen LogP contribution in [0.4, 0.5) is 18.9 Å². The third-order valence-corrected chi connectivity index (χ3v) is 3.89. The van der Waals surface area contributed by atoms with E-state index in [0.29, 0.717) is 26.2 Å². The van der Waals surface area contributed by atoms with Gasteiger partial charge in [-0.2, -0.15) is 13.2 Å². The van der Waals surface area contributed by atoms with E-state index in [0.717, 1.165) is 6.07 Å². The van der Waals surface area contributed by atoms with Gasteiger partial charge in [0.1, 0.15) is 5.02 Å². The Hall–Kier alpha value is -0.800. The Bertz CT molecular complexity index is 555. The van der Waals surface area contributed by atoms with Gasteiger partial charge in [-0.25, -0.2) is 0 Å². The number of benzene rings is 1. The zero-order chi connectivity index (χ0) is 16.3. The maximum Gasteiger partial charge on any atom is 0.390 e. The number of halogens is 6. The molecule has 11 heteroatoms. The molecule has 0 bridgehead atoms. The number of hydrogen-bond acceptors (Lipinski definition) is 4. The summed E-state index contributed by atoms with van der Waals surface area (Å²) in [7, 11) is 0. The van der Waals surface area contributed by atoms with Crippen molar-refractivity contribution in [3.05, 3.63) is 38.9 Å². The Morgan fingerprint density at radius 3 is 2.38 bits per heavy atom. The summed E-state index contributed by atoms with van der Waals surface area (Å²) in [6.45, 7) is 2.09. The number of nitrogens with zero attached hydrogens (tertiary/aromatic N) is 2. The minimum absolute atomic E-state index is 0. The van der Waals surface area contributed by atoms with Crippen LogP contribution < -0.4 is 5.32 Å². The maximum absolute atomic E-state index is 12.9. The lowest BCUT2D eigenvalue weighted by atomic mass is 10.00. The number of alkyl halides is 3. The summed E-state index contributed by atoms with van der Waals surface area (Å²) >= 11 is 5.73. The first-order chi connectivity index (χ1) is 10.3. The molecule has 0 spiro atoms. The van der Waals surface area contributed by atoms with Crippen LogP contribution >= 0.6 is 36.4 Å². The molecule has 0 aromatic heterocycles. The molecule has 0 saturated carbocycles. The first kappa shape index (κ1) is 23.2. The molecule has 1 aromatic carbocycles. The van der Waals surface area contributed by atoms with Gasteiger partial charge in [-0.15, -0.1) is 24.8 Å². The van der Waals surface area contributed by atoms with Crippen LogP contribution in [0.2, 0.25) is 5.02 Å². The highest BCUT2D eigenvalue weighted by molar-refractivity contribution is 6.32. The standard InChI is InChI=1S/C13H15ClF3N3O2.2ClH/c14-10-2-1-9(7-11(10)20(21)22)12(8-13(15,16)17)19-5-3-18-4-6-19;;/h1-2,7,12,18H,3-6,8H2;2*1H/t12-;;/m0../s1. The number of hydrogen-bond donors (Lipinski definition) is 1. The molecule has 0 aliphatic carbocycles. The second kappa shape index (κ2) is 9.62. The summed E-state index contributed by atoms with van der Waals surface area (Å²) in [5, 5.41) is 13.9. The molecule has 1 aliphatic rings. The third-order valence-electron chi connectivity index (χ3n) is 3.57. The van der Waals surface area contributed by atoms with E-state index in [2.05, 4.69) is 5.32 Å². The van der Waals surface area contributed by atoms with Crippen molar-refractivity contribution in [3.63, 3.8) is 0 Å². The zero-order valence-electron chi connectivity index (χ0n) is 12.4. The fourth-order valence-electron chi connectivity index (χ4n) is 2.55. The molecule has 5 nitrogen and oxygen atoms in total. The summed E-state index contributed by atoms with van der Waals surface area (Å²) in [5.41, 5.74) is -0.114. The van der Waals surface area contributed by atoms with Crippen molar-refractivity contribution in [1.82, 2.24) is 10.2 Å². The number of rotatable bonds is 4. The van der Waals surface area contributed by atoms with Gasteiger partial charge in [0.15, 0.2) is 0 Å². The van der Waals surface area contributed by atoms with Gasteiger partial charge in [-0.1, -0.05) is 17.7 Å². The number of nitrogens with one attached hydrogen (secondary N) is 1. The molecule has 1 fully saturated rings. The smallest absolute Gasteiger partial charge is 0.314 e. The second-order valence-corrected chi connectivity index (χ2v) is 5.50. The largest absolute Gasteiger partial charge is 0.390 e. The van der Waals surface area contributed by atoms with Crippen molar-refractivity contribution in [2.75, 3.05) is 26.2 Å². The van der Waals surface area contributed by atoms with E-state index in [4.69, 9.17) is 11.6 Å². The van der Waals surface area contributed by atoms with E-state index >= 15 is 0 Å². The van der Waals surface area contributed by atoms with E-state index in [1.165, 1.54) is 12.1 Å². The number of nitro groups is 1. The van der Waals surface area contributed by atoms with Gasteiger partial charge in [0.25, 0.3) is 5.69 Å². The molecule has 1 aliphatic heterocycles. The van der Waals surface area contributed by atoms with Crippen molar-refractivity contribution in [2.24, 2.45) is 0 Å². The highest BCUT2D eigenvalue weighted by Crippen LogP contribution is 2.36. The predicted octanol–water partition coefficient (Wildman–Crippen LogP) is 3.99. The zero-order valence-corrected chi connectivity index (χ0v) is 14.8. The molecule has 2 rings (SSSR count). The van der Waals surface area contributed by atoms with Gasteiger partial charge in [0.05, 0.1) is 11.3 Å². The Morgan fingerprint density at radius 1 is 1.29 bits per heavy atom. The normalized spacial score (nSPS) is 16.7. The molecular formula is C13H17Cl3F3N3O2. The van der Waals surface area contributed by atoms with Crippen molar-refractivity contribution in [2.45, 2.75) is 18.6 Å². The van der Waals surface area contributed by atoms with Crippen molar-refractivity contribution < 1.29 is 18.1 Å². The van der Waals surface area contributed by atoms with Gasteiger partial charge in [-0.05, 0) is 11.6 Å². The highest BCUT2D eigenvalue weighted by atomic mass is 35.5. The van der Waals surface area contributed by atoms with Crippen molar-refractivity contribution >= 4 is 42.1 Å². The summed E-state index contributed by atoms with van der Waals surface area (Å²) in [5.74, 6) is 0. The lowest BCUT2D eigenvalue weighted by Crippen LogP contribution is -2.46. The lowest BCUT2D eigenvalue weighted by molar-refractivity contribution is -0.384. The minimum atomic E-state index is -4.36. The van der Waals surface area contributed by atoms with Crippen LogP contribution in [-0.2, 0) is 0 Å². The Morgan fingerprint density at radius 2 is 1.88 bits per heavy atom. The van der Waals surface area contributed by atoms with Crippen LogP contribution in [0.25, 0.3) is 0 Å². The van der Waals surface area contributed by atoms with Crippen molar-refractivity contribution in [3.8, 4) is 0 Å². The van der Waals surface area contributed by atoms with E-state index < -0.39 is 23.6 Å². The molecule has 1 heterocycles. The maximum atomic E-state index is 12.9. The Labute approximate surface area is 154 Å². The SMILES string of the molecule is Cl.Cl.O=[N+]([O-])c1cc([C@H](CC(F)(F)F)N2CCNCC2)ccc1Cl. The van der Waals surface area contributed by atoms with E-state index in [1.54, 1.807) is 4.90 Å². The summed E-state index contributed by atoms with van der Waals surface area (Å²) in [6.07, 6.45) is -5.41. The molecule has 138 valence electrons. The van der Waals surface area contributed by atoms with Crippen LogP contribution in [0, 0.1) is 10.1 Å².